The summed E-state index contributed by atoms with van der Waals surface area (Å²) in [7, 11) is 0. The minimum absolute atomic E-state index is 0.113. The van der Waals surface area contributed by atoms with Gasteiger partial charge in [0.1, 0.15) is 12.9 Å². The van der Waals surface area contributed by atoms with Crippen molar-refractivity contribution in [2.45, 2.75) is 12.8 Å². The molecule has 3 aromatic carbocycles. The lowest BCUT2D eigenvalue weighted by Crippen LogP contribution is -2.07. The van der Waals surface area contributed by atoms with E-state index in [9.17, 15) is 18.0 Å². The highest BCUT2D eigenvalue weighted by atomic mass is 19.4. The van der Waals surface area contributed by atoms with E-state index in [1.165, 1.54) is 12.1 Å². The molecule has 0 bridgehead atoms. The molecule has 0 aliphatic carbocycles. The highest BCUT2D eigenvalue weighted by Gasteiger charge is 2.29. The fraction of sp³-hybridized carbons (Fsp3) is 0.150. The molecule has 3 aromatic rings. The molecule has 26 heavy (non-hydrogen) atoms. The Morgan fingerprint density at radius 2 is 1.69 bits per heavy atom. The number of anilines is 1. The zero-order valence-corrected chi connectivity index (χ0v) is 13.7. The van der Waals surface area contributed by atoms with Crippen molar-refractivity contribution in [1.82, 2.24) is 0 Å². The molecule has 0 aliphatic heterocycles. The Bertz CT molecular complexity index is 905. The normalized spacial score (nSPS) is 11.3. The van der Waals surface area contributed by atoms with Gasteiger partial charge in [-0.15, -0.1) is 0 Å². The van der Waals surface area contributed by atoms with Crippen molar-refractivity contribution < 1.29 is 22.7 Å². The Morgan fingerprint density at radius 3 is 2.38 bits per heavy atom. The first-order valence-corrected chi connectivity index (χ1v) is 7.97. The van der Waals surface area contributed by atoms with Crippen LogP contribution in [0.25, 0.3) is 10.8 Å². The molecule has 0 radical (unpaired) electrons. The average Bonchev–Trinajstić information content (AvgIpc) is 2.64. The number of carbonyl (C=O) groups is 1. The van der Waals surface area contributed by atoms with Gasteiger partial charge in [-0.1, -0.05) is 42.5 Å². The minimum atomic E-state index is -4.36. The van der Waals surface area contributed by atoms with Gasteiger partial charge in [-0.2, -0.15) is 13.2 Å². The third-order valence-electron chi connectivity index (χ3n) is 3.92. The summed E-state index contributed by atoms with van der Waals surface area (Å²) in [6.07, 6.45) is -3.62. The number of aldehydes is 1. The molecule has 0 spiro atoms. The standard InChI is InChI=1S/C20H16F3NO2/c21-20(22,23)16-8-5-14(6-9-16)13-26-19-17-4-2-1-3-15(17)7-10-18(19)24-11-12-25/h1-10,12,24H,11,13H2. The highest BCUT2D eigenvalue weighted by molar-refractivity contribution is 5.93. The van der Waals surface area contributed by atoms with Crippen LogP contribution in [0.4, 0.5) is 18.9 Å². The molecule has 0 aliphatic rings. The van der Waals surface area contributed by atoms with E-state index in [0.717, 1.165) is 29.2 Å². The number of fused-ring (bicyclic) bond motifs is 1. The highest BCUT2D eigenvalue weighted by Crippen LogP contribution is 2.34. The molecule has 0 atom stereocenters. The van der Waals surface area contributed by atoms with Gasteiger partial charge in [0.05, 0.1) is 17.8 Å². The van der Waals surface area contributed by atoms with Gasteiger partial charge in [0.25, 0.3) is 0 Å². The Kier molecular flexibility index (Phi) is 5.11. The first-order valence-electron chi connectivity index (χ1n) is 7.97. The van der Waals surface area contributed by atoms with Gasteiger partial charge in [0.15, 0.2) is 5.75 Å². The number of rotatable bonds is 6. The van der Waals surface area contributed by atoms with Crippen LogP contribution in [-0.2, 0) is 17.6 Å². The summed E-state index contributed by atoms with van der Waals surface area (Å²) >= 11 is 0. The van der Waals surface area contributed by atoms with Crippen LogP contribution in [0.3, 0.4) is 0 Å². The lowest BCUT2D eigenvalue weighted by molar-refractivity contribution is -0.137. The lowest BCUT2D eigenvalue weighted by atomic mass is 10.1. The van der Waals surface area contributed by atoms with Gasteiger partial charge in [0.2, 0.25) is 0 Å². The monoisotopic (exact) mass is 359 g/mol. The number of benzene rings is 3. The quantitative estimate of drug-likeness (QED) is 0.626. The maximum Gasteiger partial charge on any atom is 0.416 e. The van der Waals surface area contributed by atoms with E-state index in [0.29, 0.717) is 17.0 Å². The van der Waals surface area contributed by atoms with Crippen LogP contribution in [0, 0.1) is 0 Å². The average molecular weight is 359 g/mol. The topological polar surface area (TPSA) is 38.3 Å². The smallest absolute Gasteiger partial charge is 0.416 e. The van der Waals surface area contributed by atoms with Crippen LogP contribution in [-0.4, -0.2) is 12.8 Å². The van der Waals surface area contributed by atoms with Crippen LogP contribution >= 0.6 is 0 Å². The number of nitrogens with one attached hydrogen (secondary N) is 1. The fourth-order valence-corrected chi connectivity index (χ4v) is 2.63. The van der Waals surface area contributed by atoms with Gasteiger partial charge < -0.3 is 14.8 Å². The molecule has 3 nitrogen and oxygen atoms in total. The van der Waals surface area contributed by atoms with Crippen molar-refractivity contribution in [2.24, 2.45) is 0 Å². The molecular formula is C20H16F3NO2. The number of ether oxygens (including phenoxy) is 1. The zero-order valence-electron chi connectivity index (χ0n) is 13.7. The SMILES string of the molecule is O=CCNc1ccc2ccccc2c1OCc1ccc(C(F)(F)F)cc1. The minimum Gasteiger partial charge on any atom is -0.486 e. The van der Waals surface area contributed by atoms with Crippen molar-refractivity contribution in [3.05, 3.63) is 71.8 Å². The van der Waals surface area contributed by atoms with E-state index >= 15 is 0 Å². The molecule has 3 rings (SSSR count). The van der Waals surface area contributed by atoms with Crippen LogP contribution in [0.15, 0.2) is 60.7 Å². The van der Waals surface area contributed by atoms with E-state index in [-0.39, 0.29) is 13.2 Å². The Morgan fingerprint density at radius 1 is 0.962 bits per heavy atom. The first-order chi connectivity index (χ1) is 12.5. The Hall–Kier alpha value is -3.02. The maximum atomic E-state index is 12.6. The van der Waals surface area contributed by atoms with Gasteiger partial charge in [0, 0.05) is 5.39 Å². The molecule has 6 heteroatoms. The predicted molar refractivity (Wildman–Crippen MR) is 94.3 cm³/mol. The van der Waals surface area contributed by atoms with Crippen LogP contribution in [0.2, 0.25) is 0 Å². The maximum absolute atomic E-state index is 12.6. The Balaban J connectivity index is 1.86. The van der Waals surface area contributed by atoms with Crippen molar-refractivity contribution in [1.29, 1.82) is 0 Å². The van der Waals surface area contributed by atoms with E-state index in [1.54, 1.807) is 0 Å². The molecule has 0 saturated carbocycles. The summed E-state index contributed by atoms with van der Waals surface area (Å²) < 4.78 is 43.8. The van der Waals surface area contributed by atoms with Gasteiger partial charge in [-0.3, -0.25) is 0 Å². The zero-order chi connectivity index (χ0) is 18.6. The predicted octanol–water partition coefficient (Wildman–Crippen LogP) is 5.05. The van der Waals surface area contributed by atoms with Crippen molar-refractivity contribution in [3.63, 3.8) is 0 Å². The molecule has 134 valence electrons. The Labute approximate surface area is 148 Å². The number of carbonyl (C=O) groups excluding carboxylic acids is 1. The molecule has 0 heterocycles. The lowest BCUT2D eigenvalue weighted by Gasteiger charge is -2.15. The molecular weight excluding hydrogens is 343 g/mol. The van der Waals surface area contributed by atoms with Crippen LogP contribution in [0.1, 0.15) is 11.1 Å². The molecule has 0 fully saturated rings. The third-order valence-corrected chi connectivity index (χ3v) is 3.92. The van der Waals surface area contributed by atoms with Crippen molar-refractivity contribution in [2.75, 3.05) is 11.9 Å². The number of alkyl halides is 3. The van der Waals surface area contributed by atoms with Crippen molar-refractivity contribution in [3.8, 4) is 5.75 Å². The second-order valence-corrected chi connectivity index (χ2v) is 5.69. The summed E-state index contributed by atoms with van der Waals surface area (Å²) in [5.74, 6) is 0.560. The fourth-order valence-electron chi connectivity index (χ4n) is 2.63. The van der Waals surface area contributed by atoms with Crippen LogP contribution in [0.5, 0.6) is 5.75 Å². The number of halogens is 3. The number of hydrogen-bond donors (Lipinski definition) is 1. The van der Waals surface area contributed by atoms with E-state index in [2.05, 4.69) is 5.32 Å². The largest absolute Gasteiger partial charge is 0.486 e. The molecule has 0 amide bonds. The summed E-state index contributed by atoms with van der Waals surface area (Å²) in [6, 6.07) is 16.2. The van der Waals surface area contributed by atoms with E-state index in [1.807, 2.05) is 36.4 Å². The van der Waals surface area contributed by atoms with E-state index in [4.69, 9.17) is 4.74 Å². The molecule has 0 aromatic heterocycles. The number of hydrogen-bond acceptors (Lipinski definition) is 3. The third kappa shape index (κ3) is 3.96. The summed E-state index contributed by atoms with van der Waals surface area (Å²) in [5.41, 5.74) is 0.578. The molecule has 0 unspecified atom stereocenters. The van der Waals surface area contributed by atoms with E-state index < -0.39 is 11.7 Å². The molecule has 1 N–H and O–H groups in total. The van der Waals surface area contributed by atoms with Gasteiger partial charge in [-0.05, 0) is 29.1 Å². The van der Waals surface area contributed by atoms with Gasteiger partial charge in [-0.25, -0.2) is 0 Å². The van der Waals surface area contributed by atoms with Gasteiger partial charge >= 0.3 is 6.18 Å². The summed E-state index contributed by atoms with van der Waals surface area (Å²) in [6.45, 7) is 0.247. The first kappa shape index (κ1) is 17.8. The summed E-state index contributed by atoms with van der Waals surface area (Å²) in [4.78, 5) is 10.7. The van der Waals surface area contributed by atoms with Crippen LogP contribution < -0.4 is 10.1 Å². The second-order valence-electron chi connectivity index (χ2n) is 5.69. The van der Waals surface area contributed by atoms with Crippen molar-refractivity contribution >= 4 is 22.7 Å². The molecule has 0 saturated heterocycles. The summed E-state index contributed by atoms with van der Waals surface area (Å²) in [5, 5.41) is 4.80. The second kappa shape index (κ2) is 7.47.